The van der Waals surface area contributed by atoms with Crippen LogP contribution in [0.5, 0.6) is 0 Å². The molecule has 0 fully saturated rings. The van der Waals surface area contributed by atoms with Crippen molar-refractivity contribution in [2.45, 2.75) is 19.0 Å². The minimum atomic E-state index is -0.232. The van der Waals surface area contributed by atoms with Gasteiger partial charge in [-0.3, -0.25) is 14.2 Å². The van der Waals surface area contributed by atoms with E-state index in [0.29, 0.717) is 24.0 Å². The predicted molar refractivity (Wildman–Crippen MR) is 105 cm³/mol. The SMILES string of the molecule is CSCC[C@@H](C(=O)NCCn1cnc2ccccc2c1=O)n1cccc1. The lowest BCUT2D eigenvalue weighted by molar-refractivity contribution is -0.124. The summed E-state index contributed by atoms with van der Waals surface area (Å²) in [5.74, 6) is 0.877. The molecule has 136 valence electrons. The van der Waals surface area contributed by atoms with E-state index in [-0.39, 0.29) is 17.5 Å². The highest BCUT2D eigenvalue weighted by molar-refractivity contribution is 7.98. The Morgan fingerprint density at radius 1 is 1.23 bits per heavy atom. The number of rotatable bonds is 8. The lowest BCUT2D eigenvalue weighted by Crippen LogP contribution is -2.36. The maximum absolute atomic E-state index is 12.6. The van der Waals surface area contributed by atoms with Gasteiger partial charge in [0.1, 0.15) is 6.04 Å². The van der Waals surface area contributed by atoms with Crippen LogP contribution in [0, 0.1) is 0 Å². The quantitative estimate of drug-likeness (QED) is 0.661. The van der Waals surface area contributed by atoms with E-state index in [1.807, 2.05) is 53.5 Å². The highest BCUT2D eigenvalue weighted by Crippen LogP contribution is 2.15. The molecule has 0 unspecified atom stereocenters. The van der Waals surface area contributed by atoms with Crippen molar-refractivity contribution in [3.8, 4) is 0 Å². The molecule has 3 aromatic rings. The van der Waals surface area contributed by atoms with Crippen LogP contribution >= 0.6 is 11.8 Å². The molecule has 1 aromatic carbocycles. The van der Waals surface area contributed by atoms with E-state index >= 15 is 0 Å². The molecule has 0 saturated carbocycles. The summed E-state index contributed by atoms with van der Waals surface area (Å²) in [5.41, 5.74) is 0.594. The Balaban J connectivity index is 1.64. The summed E-state index contributed by atoms with van der Waals surface area (Å²) in [6.07, 6.45) is 8.14. The van der Waals surface area contributed by atoms with Gasteiger partial charge in [-0.2, -0.15) is 11.8 Å². The molecule has 0 aliphatic carbocycles. The molecule has 3 rings (SSSR count). The van der Waals surface area contributed by atoms with Gasteiger partial charge in [-0.1, -0.05) is 12.1 Å². The van der Waals surface area contributed by atoms with Crippen molar-refractivity contribution >= 4 is 28.6 Å². The summed E-state index contributed by atoms with van der Waals surface area (Å²) < 4.78 is 3.46. The number of hydrogen-bond donors (Lipinski definition) is 1. The molecule has 0 bridgehead atoms. The number of carbonyl (C=O) groups is 1. The lowest BCUT2D eigenvalue weighted by Gasteiger charge is -2.18. The molecule has 1 atom stereocenters. The maximum atomic E-state index is 12.6. The molecule has 0 spiro atoms. The van der Waals surface area contributed by atoms with Gasteiger partial charge in [0.15, 0.2) is 0 Å². The Labute approximate surface area is 156 Å². The second-order valence-electron chi connectivity index (χ2n) is 5.98. The zero-order chi connectivity index (χ0) is 18.4. The highest BCUT2D eigenvalue weighted by atomic mass is 32.2. The van der Waals surface area contributed by atoms with Gasteiger partial charge in [0.05, 0.1) is 17.2 Å². The van der Waals surface area contributed by atoms with Crippen LogP contribution in [-0.4, -0.2) is 38.6 Å². The Bertz CT molecular complexity index is 921. The van der Waals surface area contributed by atoms with Crippen LogP contribution in [0.2, 0.25) is 0 Å². The molecule has 0 radical (unpaired) electrons. The molecular formula is C19H22N4O2S. The summed E-state index contributed by atoms with van der Waals surface area (Å²) in [5, 5.41) is 3.54. The van der Waals surface area contributed by atoms with E-state index in [1.165, 1.54) is 10.9 Å². The van der Waals surface area contributed by atoms with Crippen molar-refractivity contribution in [1.82, 2.24) is 19.4 Å². The second-order valence-corrected chi connectivity index (χ2v) is 6.96. The Morgan fingerprint density at radius 2 is 2.00 bits per heavy atom. The van der Waals surface area contributed by atoms with Gasteiger partial charge in [-0.15, -0.1) is 0 Å². The topological polar surface area (TPSA) is 68.9 Å². The zero-order valence-electron chi connectivity index (χ0n) is 14.7. The number of amides is 1. The number of para-hydroxylation sites is 1. The smallest absolute Gasteiger partial charge is 0.261 e. The Morgan fingerprint density at radius 3 is 2.77 bits per heavy atom. The average molecular weight is 370 g/mol. The minimum absolute atomic E-state index is 0.0305. The van der Waals surface area contributed by atoms with Crippen molar-refractivity contribution in [1.29, 1.82) is 0 Å². The number of nitrogens with zero attached hydrogens (tertiary/aromatic N) is 3. The van der Waals surface area contributed by atoms with Gasteiger partial charge in [-0.25, -0.2) is 4.98 Å². The number of benzene rings is 1. The minimum Gasteiger partial charge on any atom is -0.353 e. The van der Waals surface area contributed by atoms with Crippen LogP contribution in [0.4, 0.5) is 0 Å². The third-order valence-electron chi connectivity index (χ3n) is 4.27. The molecule has 1 amide bonds. The lowest BCUT2D eigenvalue weighted by atomic mass is 10.2. The first-order valence-electron chi connectivity index (χ1n) is 8.54. The van der Waals surface area contributed by atoms with E-state index in [0.717, 1.165) is 12.2 Å². The maximum Gasteiger partial charge on any atom is 0.261 e. The molecule has 1 N–H and O–H groups in total. The van der Waals surface area contributed by atoms with Crippen LogP contribution in [0.1, 0.15) is 12.5 Å². The predicted octanol–water partition coefficient (Wildman–Crippen LogP) is 2.31. The molecule has 0 aliphatic heterocycles. The summed E-state index contributed by atoms with van der Waals surface area (Å²) in [6.45, 7) is 0.777. The molecule has 2 aromatic heterocycles. The molecular weight excluding hydrogens is 348 g/mol. The number of carbonyl (C=O) groups excluding carboxylic acids is 1. The average Bonchev–Trinajstić information content (AvgIpc) is 3.18. The monoisotopic (exact) mass is 370 g/mol. The standard InChI is InChI=1S/C19H22N4O2S/c1-26-13-8-17(22-10-4-5-11-22)18(24)20-9-12-23-14-21-16-7-3-2-6-15(16)19(23)25/h2-7,10-11,14,17H,8-9,12-13H2,1H3,(H,20,24)/t17-/m0/s1. The van der Waals surface area contributed by atoms with Gasteiger partial charge in [0, 0.05) is 25.5 Å². The van der Waals surface area contributed by atoms with Crippen LogP contribution in [0.3, 0.4) is 0 Å². The molecule has 0 aliphatic rings. The highest BCUT2D eigenvalue weighted by Gasteiger charge is 2.18. The number of hydrogen-bond acceptors (Lipinski definition) is 4. The van der Waals surface area contributed by atoms with Gasteiger partial charge in [-0.05, 0) is 42.7 Å². The number of nitrogens with one attached hydrogen (secondary N) is 1. The number of fused-ring (bicyclic) bond motifs is 1. The molecule has 26 heavy (non-hydrogen) atoms. The fourth-order valence-electron chi connectivity index (χ4n) is 2.88. The molecule has 0 saturated heterocycles. The number of aromatic nitrogens is 3. The van der Waals surface area contributed by atoms with E-state index < -0.39 is 0 Å². The first kappa shape index (κ1) is 18.3. The fraction of sp³-hybridized carbons (Fsp3) is 0.316. The van der Waals surface area contributed by atoms with Crippen LogP contribution in [0.25, 0.3) is 10.9 Å². The largest absolute Gasteiger partial charge is 0.353 e. The van der Waals surface area contributed by atoms with Crippen LogP contribution in [-0.2, 0) is 11.3 Å². The third-order valence-corrected chi connectivity index (χ3v) is 4.91. The summed E-state index contributed by atoms with van der Waals surface area (Å²) in [4.78, 5) is 29.4. The van der Waals surface area contributed by atoms with E-state index in [4.69, 9.17) is 0 Å². The van der Waals surface area contributed by atoms with E-state index in [2.05, 4.69) is 10.3 Å². The summed E-state index contributed by atoms with van der Waals surface area (Å²) >= 11 is 1.72. The van der Waals surface area contributed by atoms with Crippen LogP contribution in [0.15, 0.2) is 59.9 Å². The Hall–Kier alpha value is -2.54. The van der Waals surface area contributed by atoms with E-state index in [9.17, 15) is 9.59 Å². The van der Waals surface area contributed by atoms with Crippen molar-refractivity contribution < 1.29 is 4.79 Å². The van der Waals surface area contributed by atoms with Crippen molar-refractivity contribution in [2.24, 2.45) is 0 Å². The van der Waals surface area contributed by atoms with Crippen molar-refractivity contribution in [2.75, 3.05) is 18.6 Å². The van der Waals surface area contributed by atoms with Gasteiger partial charge in [0.25, 0.3) is 5.56 Å². The fourth-order valence-corrected chi connectivity index (χ4v) is 3.34. The zero-order valence-corrected chi connectivity index (χ0v) is 15.5. The van der Waals surface area contributed by atoms with Crippen molar-refractivity contribution in [3.63, 3.8) is 0 Å². The first-order chi connectivity index (χ1) is 12.7. The second kappa shape index (κ2) is 8.71. The normalized spacial score (nSPS) is 12.2. The molecule has 7 heteroatoms. The summed E-state index contributed by atoms with van der Waals surface area (Å²) in [6, 6.07) is 10.9. The van der Waals surface area contributed by atoms with Gasteiger partial charge < -0.3 is 9.88 Å². The Kier molecular flexibility index (Phi) is 6.12. The summed E-state index contributed by atoms with van der Waals surface area (Å²) in [7, 11) is 0. The van der Waals surface area contributed by atoms with E-state index in [1.54, 1.807) is 17.8 Å². The number of thioether (sulfide) groups is 1. The van der Waals surface area contributed by atoms with Gasteiger partial charge >= 0.3 is 0 Å². The third kappa shape index (κ3) is 4.16. The van der Waals surface area contributed by atoms with Crippen LogP contribution < -0.4 is 10.9 Å². The van der Waals surface area contributed by atoms with Crippen molar-refractivity contribution in [3.05, 3.63) is 65.5 Å². The first-order valence-corrected chi connectivity index (χ1v) is 9.93. The van der Waals surface area contributed by atoms with Gasteiger partial charge in [0.2, 0.25) is 5.91 Å². The molecule has 2 heterocycles. The molecule has 6 nitrogen and oxygen atoms in total.